The monoisotopic (exact) mass is 264 g/mol. The van der Waals surface area contributed by atoms with Crippen LogP contribution in [0.5, 0.6) is 0 Å². The lowest BCUT2D eigenvalue weighted by atomic mass is 10.2. The molecule has 0 radical (unpaired) electrons. The molecule has 4 nitrogen and oxygen atoms in total. The summed E-state index contributed by atoms with van der Waals surface area (Å²) in [6, 6.07) is 6.21. The molecule has 5 heteroatoms. The van der Waals surface area contributed by atoms with E-state index >= 15 is 0 Å². The molecule has 0 bridgehead atoms. The average Bonchev–Trinajstić information content (AvgIpc) is 2.70. The van der Waals surface area contributed by atoms with Gasteiger partial charge in [-0.2, -0.15) is 0 Å². The van der Waals surface area contributed by atoms with Gasteiger partial charge in [-0.3, -0.25) is 0 Å². The van der Waals surface area contributed by atoms with E-state index in [9.17, 15) is 0 Å². The highest BCUT2D eigenvalue weighted by molar-refractivity contribution is 7.71. The van der Waals surface area contributed by atoms with Crippen molar-refractivity contribution in [2.75, 3.05) is 19.8 Å². The number of para-hydroxylation sites is 1. The summed E-state index contributed by atoms with van der Waals surface area (Å²) in [6.07, 6.45) is 0.0879. The first-order valence-electron chi connectivity index (χ1n) is 6.13. The Morgan fingerprint density at radius 3 is 3.11 bits per heavy atom. The largest absolute Gasteiger partial charge is 0.376 e. The number of rotatable bonds is 2. The predicted octanol–water partition coefficient (Wildman–Crippen LogP) is 2.42. The Morgan fingerprint density at radius 2 is 2.33 bits per heavy atom. The highest BCUT2D eigenvalue weighted by Gasteiger charge is 2.17. The van der Waals surface area contributed by atoms with Crippen LogP contribution in [0.15, 0.2) is 18.2 Å². The summed E-state index contributed by atoms with van der Waals surface area (Å²) < 4.78 is 13.9. The first-order valence-corrected chi connectivity index (χ1v) is 6.54. The molecule has 1 saturated heterocycles. The molecule has 18 heavy (non-hydrogen) atoms. The molecule has 1 aromatic heterocycles. The van der Waals surface area contributed by atoms with Crippen LogP contribution in [0.4, 0.5) is 0 Å². The van der Waals surface area contributed by atoms with Crippen molar-refractivity contribution in [3.05, 3.63) is 28.5 Å². The number of hydrogen-bond acceptors (Lipinski definition) is 3. The average molecular weight is 264 g/mol. The van der Waals surface area contributed by atoms with Crippen molar-refractivity contribution in [3.8, 4) is 0 Å². The zero-order valence-electron chi connectivity index (χ0n) is 10.3. The van der Waals surface area contributed by atoms with Crippen molar-refractivity contribution >= 4 is 23.3 Å². The third kappa shape index (κ3) is 2.09. The quantitative estimate of drug-likeness (QED) is 0.847. The van der Waals surface area contributed by atoms with E-state index in [0.717, 1.165) is 22.3 Å². The maximum Gasteiger partial charge on any atom is 0.178 e. The Kier molecular flexibility index (Phi) is 3.20. The van der Waals surface area contributed by atoms with Crippen LogP contribution in [-0.2, 0) is 16.0 Å². The van der Waals surface area contributed by atoms with Gasteiger partial charge in [-0.1, -0.05) is 12.1 Å². The van der Waals surface area contributed by atoms with Gasteiger partial charge in [0.15, 0.2) is 4.77 Å². The number of nitrogens with zero attached hydrogens (tertiary/aromatic N) is 1. The Hall–Kier alpha value is -1.17. The van der Waals surface area contributed by atoms with E-state index in [1.807, 2.05) is 0 Å². The fourth-order valence-corrected chi connectivity index (χ4v) is 2.63. The van der Waals surface area contributed by atoms with E-state index in [2.05, 4.69) is 34.7 Å². The second-order valence-electron chi connectivity index (χ2n) is 4.58. The van der Waals surface area contributed by atoms with Crippen LogP contribution in [0.3, 0.4) is 0 Å². The third-order valence-corrected chi connectivity index (χ3v) is 3.61. The van der Waals surface area contributed by atoms with E-state index in [4.69, 9.17) is 21.7 Å². The zero-order valence-corrected chi connectivity index (χ0v) is 11.1. The second kappa shape index (κ2) is 4.84. The van der Waals surface area contributed by atoms with Crippen LogP contribution in [0.1, 0.15) is 5.56 Å². The van der Waals surface area contributed by atoms with Crippen LogP contribution in [0.25, 0.3) is 11.0 Å². The molecule has 1 aliphatic rings. The number of nitrogens with one attached hydrogen (secondary N) is 1. The van der Waals surface area contributed by atoms with Gasteiger partial charge >= 0.3 is 0 Å². The molecule has 3 rings (SSSR count). The van der Waals surface area contributed by atoms with Crippen molar-refractivity contribution in [1.82, 2.24) is 9.55 Å². The number of hydrogen-bond donors (Lipinski definition) is 1. The van der Waals surface area contributed by atoms with Crippen LogP contribution < -0.4 is 0 Å². The highest BCUT2D eigenvalue weighted by Crippen LogP contribution is 2.19. The summed E-state index contributed by atoms with van der Waals surface area (Å²) >= 11 is 5.39. The first kappa shape index (κ1) is 11.9. The van der Waals surface area contributed by atoms with Crippen LogP contribution in [0, 0.1) is 11.7 Å². The van der Waals surface area contributed by atoms with Crippen molar-refractivity contribution in [1.29, 1.82) is 0 Å². The number of aromatic amines is 1. The summed E-state index contributed by atoms with van der Waals surface area (Å²) in [5, 5.41) is 0. The fourth-order valence-electron chi connectivity index (χ4n) is 2.35. The van der Waals surface area contributed by atoms with Crippen molar-refractivity contribution in [3.63, 3.8) is 0 Å². The molecule has 0 amide bonds. The Balaban J connectivity index is 1.98. The number of H-pyrrole nitrogens is 1. The topological polar surface area (TPSA) is 39.2 Å². The van der Waals surface area contributed by atoms with Gasteiger partial charge in [0.1, 0.15) is 0 Å². The minimum absolute atomic E-state index is 0.0879. The number of aryl methyl sites for hydroxylation is 1. The van der Waals surface area contributed by atoms with Crippen molar-refractivity contribution in [2.24, 2.45) is 0 Å². The predicted molar refractivity (Wildman–Crippen MR) is 72.4 cm³/mol. The lowest BCUT2D eigenvalue weighted by molar-refractivity contribution is -0.0933. The van der Waals surface area contributed by atoms with Gasteiger partial charge in [0.25, 0.3) is 0 Å². The highest BCUT2D eigenvalue weighted by atomic mass is 32.1. The molecule has 1 aliphatic heterocycles. The molecule has 1 aromatic carbocycles. The second-order valence-corrected chi connectivity index (χ2v) is 4.96. The minimum atomic E-state index is 0.0879. The summed E-state index contributed by atoms with van der Waals surface area (Å²) in [5.74, 6) is 0. The van der Waals surface area contributed by atoms with E-state index < -0.39 is 0 Å². The van der Waals surface area contributed by atoms with E-state index in [-0.39, 0.29) is 6.10 Å². The van der Waals surface area contributed by atoms with Gasteiger partial charge in [-0.05, 0) is 30.8 Å². The third-order valence-electron chi connectivity index (χ3n) is 3.29. The number of imidazole rings is 1. The number of aromatic nitrogens is 2. The zero-order chi connectivity index (χ0) is 12.5. The smallest absolute Gasteiger partial charge is 0.178 e. The summed E-state index contributed by atoms with van der Waals surface area (Å²) in [7, 11) is 0. The van der Waals surface area contributed by atoms with Gasteiger partial charge in [-0.25, -0.2) is 0 Å². The molecule has 2 aromatic rings. The van der Waals surface area contributed by atoms with Gasteiger partial charge in [-0.15, -0.1) is 0 Å². The first-order chi connectivity index (χ1) is 8.75. The number of fused-ring (bicyclic) bond motifs is 1. The Bertz CT molecular complexity index is 611. The van der Waals surface area contributed by atoms with Crippen molar-refractivity contribution < 1.29 is 9.47 Å². The molecule has 0 aliphatic carbocycles. The maximum atomic E-state index is 5.68. The molecule has 1 atom stereocenters. The van der Waals surface area contributed by atoms with Gasteiger partial charge in [0, 0.05) is 0 Å². The van der Waals surface area contributed by atoms with E-state index in [1.165, 1.54) is 5.56 Å². The summed E-state index contributed by atoms with van der Waals surface area (Å²) in [5.41, 5.74) is 3.45. The van der Waals surface area contributed by atoms with Gasteiger partial charge < -0.3 is 19.0 Å². The van der Waals surface area contributed by atoms with Crippen LogP contribution in [0.2, 0.25) is 0 Å². The lowest BCUT2D eigenvalue weighted by Gasteiger charge is -2.23. The van der Waals surface area contributed by atoms with Gasteiger partial charge in [0.05, 0.1) is 43.5 Å². The summed E-state index contributed by atoms with van der Waals surface area (Å²) in [6.45, 7) is 4.81. The lowest BCUT2D eigenvalue weighted by Crippen LogP contribution is -2.32. The number of benzene rings is 1. The Morgan fingerprint density at radius 1 is 1.44 bits per heavy atom. The molecule has 96 valence electrons. The minimum Gasteiger partial charge on any atom is -0.376 e. The number of ether oxygens (including phenoxy) is 2. The normalized spacial score (nSPS) is 20.4. The molecular weight excluding hydrogens is 248 g/mol. The molecular formula is C13H16N2O2S. The molecule has 1 unspecified atom stereocenters. The standard InChI is InChI=1S/C13H16N2O2S/c1-9-3-2-4-11-12(9)14-13(18)15(11)7-10-8-16-5-6-17-10/h2-4,10H,5-8H2,1H3,(H,14,18). The Labute approximate surface area is 111 Å². The molecule has 1 N–H and O–H groups in total. The van der Waals surface area contributed by atoms with E-state index in [0.29, 0.717) is 19.8 Å². The van der Waals surface area contributed by atoms with Gasteiger partial charge in [0.2, 0.25) is 0 Å². The SMILES string of the molecule is Cc1cccc2c1[nH]c(=S)n2CC1COCCO1. The maximum absolute atomic E-state index is 5.68. The molecule has 1 fully saturated rings. The summed E-state index contributed by atoms with van der Waals surface area (Å²) in [4.78, 5) is 3.27. The molecule has 0 saturated carbocycles. The van der Waals surface area contributed by atoms with Crippen molar-refractivity contribution in [2.45, 2.75) is 19.6 Å². The fraction of sp³-hybridized carbons (Fsp3) is 0.462. The van der Waals surface area contributed by atoms with Crippen LogP contribution >= 0.6 is 12.2 Å². The molecule has 0 spiro atoms. The van der Waals surface area contributed by atoms with E-state index in [1.54, 1.807) is 0 Å². The molecule has 2 heterocycles. The van der Waals surface area contributed by atoms with Crippen LogP contribution in [-0.4, -0.2) is 35.5 Å².